The van der Waals surface area contributed by atoms with Crippen molar-refractivity contribution in [2.24, 2.45) is 5.73 Å². The Balaban J connectivity index is 1.96. The molecule has 0 aromatic heterocycles. The number of benzene rings is 2. The zero-order valence-corrected chi connectivity index (χ0v) is 14.2. The lowest BCUT2D eigenvalue weighted by atomic mass is 9.97. The summed E-state index contributed by atoms with van der Waals surface area (Å²) in [6.07, 6.45) is 0.797. The molecule has 0 radical (unpaired) electrons. The number of hydrogen-bond donors (Lipinski definition) is 2. The Morgan fingerprint density at radius 3 is 2.36 bits per heavy atom. The molecule has 3 nitrogen and oxygen atoms in total. The van der Waals surface area contributed by atoms with Crippen molar-refractivity contribution in [1.82, 2.24) is 5.32 Å². The molecule has 0 aliphatic heterocycles. The normalized spacial score (nSPS) is 13.4. The van der Waals surface area contributed by atoms with E-state index in [1.165, 1.54) is 5.56 Å². The summed E-state index contributed by atoms with van der Waals surface area (Å²) < 4.78 is 1.06. The van der Waals surface area contributed by atoms with Crippen LogP contribution < -0.4 is 11.1 Å². The highest BCUT2D eigenvalue weighted by atomic mass is 79.9. The second-order valence-corrected chi connectivity index (χ2v) is 6.35. The van der Waals surface area contributed by atoms with Crippen molar-refractivity contribution < 1.29 is 4.79 Å². The first kappa shape index (κ1) is 16.7. The molecule has 22 heavy (non-hydrogen) atoms. The standard InChI is InChI=1S/C18H21BrN2O/c1-13(11-14-7-9-16(19)10-8-14)21-18(22)17(12-20)15-5-3-2-4-6-15/h2-10,13,17H,11-12,20H2,1H3,(H,21,22). The van der Waals surface area contributed by atoms with Crippen LogP contribution in [0.3, 0.4) is 0 Å². The Morgan fingerprint density at radius 2 is 1.77 bits per heavy atom. The lowest BCUT2D eigenvalue weighted by molar-refractivity contribution is -0.122. The molecule has 0 saturated carbocycles. The van der Waals surface area contributed by atoms with Crippen LogP contribution in [0.5, 0.6) is 0 Å². The van der Waals surface area contributed by atoms with E-state index in [4.69, 9.17) is 5.73 Å². The quantitative estimate of drug-likeness (QED) is 0.830. The van der Waals surface area contributed by atoms with Crippen LogP contribution in [0.15, 0.2) is 59.1 Å². The third-order valence-electron chi connectivity index (χ3n) is 3.60. The average molecular weight is 361 g/mol. The Bertz CT molecular complexity index is 598. The molecule has 4 heteroatoms. The molecule has 0 spiro atoms. The maximum Gasteiger partial charge on any atom is 0.229 e. The SMILES string of the molecule is CC(Cc1ccc(Br)cc1)NC(=O)C(CN)c1ccccc1. The number of carbonyl (C=O) groups is 1. The van der Waals surface area contributed by atoms with E-state index in [2.05, 4.69) is 33.4 Å². The molecule has 0 heterocycles. The maximum absolute atomic E-state index is 12.4. The predicted octanol–water partition coefficient (Wildman–Crippen LogP) is 3.24. The van der Waals surface area contributed by atoms with Gasteiger partial charge in [-0.1, -0.05) is 58.4 Å². The highest BCUT2D eigenvalue weighted by Crippen LogP contribution is 2.15. The van der Waals surface area contributed by atoms with Crippen LogP contribution in [0.2, 0.25) is 0 Å². The van der Waals surface area contributed by atoms with Gasteiger partial charge in [-0.25, -0.2) is 0 Å². The molecular formula is C18H21BrN2O. The van der Waals surface area contributed by atoms with Gasteiger partial charge in [0.2, 0.25) is 5.91 Å². The summed E-state index contributed by atoms with van der Waals surface area (Å²) in [6.45, 7) is 2.32. The average Bonchev–Trinajstić information content (AvgIpc) is 2.51. The van der Waals surface area contributed by atoms with Gasteiger partial charge >= 0.3 is 0 Å². The number of amides is 1. The van der Waals surface area contributed by atoms with E-state index in [1.54, 1.807) is 0 Å². The lowest BCUT2D eigenvalue weighted by Gasteiger charge is -2.19. The zero-order chi connectivity index (χ0) is 15.9. The highest BCUT2D eigenvalue weighted by Gasteiger charge is 2.20. The number of nitrogens with two attached hydrogens (primary N) is 1. The molecule has 0 fully saturated rings. The number of nitrogens with one attached hydrogen (secondary N) is 1. The first-order valence-electron chi connectivity index (χ1n) is 7.40. The molecule has 0 bridgehead atoms. The topological polar surface area (TPSA) is 55.1 Å². The summed E-state index contributed by atoms with van der Waals surface area (Å²) in [7, 11) is 0. The van der Waals surface area contributed by atoms with Gasteiger partial charge in [-0.15, -0.1) is 0 Å². The second-order valence-electron chi connectivity index (χ2n) is 5.44. The fourth-order valence-electron chi connectivity index (χ4n) is 2.45. The monoisotopic (exact) mass is 360 g/mol. The van der Waals surface area contributed by atoms with Crippen molar-refractivity contribution in [3.8, 4) is 0 Å². The van der Waals surface area contributed by atoms with Crippen LogP contribution in [-0.2, 0) is 11.2 Å². The van der Waals surface area contributed by atoms with Crippen LogP contribution >= 0.6 is 15.9 Å². The Labute approximate surface area is 140 Å². The molecule has 2 unspecified atom stereocenters. The van der Waals surface area contributed by atoms with Crippen LogP contribution in [0, 0.1) is 0 Å². The van der Waals surface area contributed by atoms with Gasteiger partial charge < -0.3 is 11.1 Å². The molecule has 0 aliphatic carbocycles. The largest absolute Gasteiger partial charge is 0.353 e. The summed E-state index contributed by atoms with van der Waals surface area (Å²) in [6, 6.07) is 17.9. The van der Waals surface area contributed by atoms with Crippen molar-refractivity contribution in [3.63, 3.8) is 0 Å². The summed E-state index contributed by atoms with van der Waals surface area (Å²) in [4.78, 5) is 12.4. The minimum atomic E-state index is -0.298. The summed E-state index contributed by atoms with van der Waals surface area (Å²) in [5.74, 6) is -0.313. The first-order valence-corrected chi connectivity index (χ1v) is 8.19. The van der Waals surface area contributed by atoms with Crippen LogP contribution in [0.25, 0.3) is 0 Å². The van der Waals surface area contributed by atoms with Gasteiger partial charge in [0.15, 0.2) is 0 Å². The van der Waals surface area contributed by atoms with E-state index in [-0.39, 0.29) is 17.9 Å². The number of hydrogen-bond acceptors (Lipinski definition) is 2. The maximum atomic E-state index is 12.4. The van der Waals surface area contributed by atoms with Gasteiger partial charge in [-0.05, 0) is 36.6 Å². The van der Waals surface area contributed by atoms with E-state index in [9.17, 15) is 4.79 Å². The van der Waals surface area contributed by atoms with E-state index in [0.717, 1.165) is 16.5 Å². The zero-order valence-electron chi connectivity index (χ0n) is 12.6. The summed E-state index contributed by atoms with van der Waals surface area (Å²) in [5.41, 5.74) is 7.94. The van der Waals surface area contributed by atoms with Crippen LogP contribution in [-0.4, -0.2) is 18.5 Å². The molecule has 2 aromatic carbocycles. The molecule has 116 valence electrons. The van der Waals surface area contributed by atoms with Gasteiger partial charge in [0.05, 0.1) is 5.92 Å². The van der Waals surface area contributed by atoms with Gasteiger partial charge in [-0.3, -0.25) is 4.79 Å². The van der Waals surface area contributed by atoms with Crippen LogP contribution in [0.4, 0.5) is 0 Å². The van der Waals surface area contributed by atoms with Crippen molar-refractivity contribution in [1.29, 1.82) is 0 Å². The molecule has 3 N–H and O–H groups in total. The lowest BCUT2D eigenvalue weighted by Crippen LogP contribution is -2.39. The Hall–Kier alpha value is -1.65. The van der Waals surface area contributed by atoms with Crippen molar-refractivity contribution >= 4 is 21.8 Å². The molecule has 2 rings (SSSR count). The molecule has 2 atom stereocenters. The van der Waals surface area contributed by atoms with Crippen molar-refractivity contribution in [3.05, 3.63) is 70.2 Å². The Kier molecular flexibility index (Phi) is 6.16. The second kappa shape index (κ2) is 8.11. The highest BCUT2D eigenvalue weighted by molar-refractivity contribution is 9.10. The number of rotatable bonds is 6. The number of halogens is 1. The van der Waals surface area contributed by atoms with Gasteiger partial charge in [0.1, 0.15) is 0 Å². The third-order valence-corrected chi connectivity index (χ3v) is 4.13. The number of carbonyl (C=O) groups excluding carboxylic acids is 1. The molecule has 2 aromatic rings. The van der Waals surface area contributed by atoms with E-state index in [0.29, 0.717) is 6.54 Å². The van der Waals surface area contributed by atoms with E-state index >= 15 is 0 Å². The van der Waals surface area contributed by atoms with Gasteiger partial charge in [0, 0.05) is 17.1 Å². The minimum Gasteiger partial charge on any atom is -0.353 e. The van der Waals surface area contributed by atoms with Gasteiger partial charge in [-0.2, -0.15) is 0 Å². The first-order chi connectivity index (χ1) is 10.6. The smallest absolute Gasteiger partial charge is 0.229 e. The molecule has 0 saturated heterocycles. The van der Waals surface area contributed by atoms with E-state index in [1.807, 2.05) is 49.4 Å². The van der Waals surface area contributed by atoms with Crippen LogP contribution in [0.1, 0.15) is 24.0 Å². The van der Waals surface area contributed by atoms with Crippen molar-refractivity contribution in [2.45, 2.75) is 25.3 Å². The third kappa shape index (κ3) is 4.68. The minimum absolute atomic E-state index is 0.0155. The molecule has 1 amide bonds. The summed E-state index contributed by atoms with van der Waals surface area (Å²) >= 11 is 3.42. The fraction of sp³-hybridized carbons (Fsp3) is 0.278. The predicted molar refractivity (Wildman–Crippen MR) is 93.7 cm³/mol. The molecular weight excluding hydrogens is 340 g/mol. The van der Waals surface area contributed by atoms with E-state index < -0.39 is 0 Å². The Morgan fingerprint density at radius 1 is 1.14 bits per heavy atom. The van der Waals surface area contributed by atoms with Crippen molar-refractivity contribution in [2.75, 3.05) is 6.54 Å². The fourth-order valence-corrected chi connectivity index (χ4v) is 2.71. The van der Waals surface area contributed by atoms with Gasteiger partial charge in [0.25, 0.3) is 0 Å². The summed E-state index contributed by atoms with van der Waals surface area (Å²) in [5, 5.41) is 3.06. The molecule has 0 aliphatic rings.